The van der Waals surface area contributed by atoms with E-state index in [2.05, 4.69) is 0 Å². The normalized spacial score (nSPS) is 11.1. The van der Waals surface area contributed by atoms with Gasteiger partial charge < -0.3 is 10.2 Å². The standard InChI is InChI=1S/C15H11Cl2NO/c16-12-3-4-14-11(5-12)7-15(19-14)9-1-2-10(8-18)13(17)6-9/h1-7H,8,18H2. The molecule has 0 radical (unpaired) electrons. The van der Waals surface area contributed by atoms with Crippen LogP contribution in [0.5, 0.6) is 0 Å². The van der Waals surface area contributed by atoms with E-state index < -0.39 is 0 Å². The zero-order valence-electron chi connectivity index (χ0n) is 9.99. The lowest BCUT2D eigenvalue weighted by Crippen LogP contribution is -1.96. The van der Waals surface area contributed by atoms with Gasteiger partial charge in [0.25, 0.3) is 0 Å². The lowest BCUT2D eigenvalue weighted by atomic mass is 10.1. The van der Waals surface area contributed by atoms with E-state index in [0.717, 1.165) is 27.9 Å². The Morgan fingerprint density at radius 2 is 1.84 bits per heavy atom. The molecule has 3 rings (SSSR count). The summed E-state index contributed by atoms with van der Waals surface area (Å²) in [5, 5.41) is 2.32. The predicted octanol–water partition coefficient (Wildman–Crippen LogP) is 4.87. The summed E-state index contributed by atoms with van der Waals surface area (Å²) in [7, 11) is 0. The van der Waals surface area contributed by atoms with Crippen molar-refractivity contribution in [3.63, 3.8) is 0 Å². The molecule has 2 N–H and O–H groups in total. The molecule has 0 amide bonds. The lowest BCUT2D eigenvalue weighted by Gasteiger charge is -2.02. The molecule has 96 valence electrons. The largest absolute Gasteiger partial charge is 0.456 e. The summed E-state index contributed by atoms with van der Waals surface area (Å²) in [4.78, 5) is 0. The zero-order chi connectivity index (χ0) is 13.4. The van der Waals surface area contributed by atoms with Crippen molar-refractivity contribution in [2.45, 2.75) is 6.54 Å². The van der Waals surface area contributed by atoms with Crippen LogP contribution in [0.4, 0.5) is 0 Å². The average Bonchev–Trinajstić information content (AvgIpc) is 2.81. The maximum Gasteiger partial charge on any atom is 0.135 e. The molecule has 2 nitrogen and oxygen atoms in total. The molecule has 0 bridgehead atoms. The van der Waals surface area contributed by atoms with E-state index in [-0.39, 0.29) is 0 Å². The Hall–Kier alpha value is -1.48. The first-order chi connectivity index (χ1) is 9.17. The smallest absolute Gasteiger partial charge is 0.135 e. The molecule has 0 aliphatic carbocycles. The van der Waals surface area contributed by atoms with Crippen LogP contribution in [-0.4, -0.2) is 0 Å². The molecule has 0 spiro atoms. The van der Waals surface area contributed by atoms with Gasteiger partial charge in [0, 0.05) is 27.5 Å². The quantitative estimate of drug-likeness (QED) is 0.732. The van der Waals surface area contributed by atoms with Crippen LogP contribution in [0.3, 0.4) is 0 Å². The summed E-state index contributed by atoms with van der Waals surface area (Å²) >= 11 is 12.1. The van der Waals surface area contributed by atoms with Crippen molar-refractivity contribution in [2.75, 3.05) is 0 Å². The van der Waals surface area contributed by atoms with Crippen LogP contribution in [0.1, 0.15) is 5.56 Å². The van der Waals surface area contributed by atoms with Crippen LogP contribution in [-0.2, 0) is 6.54 Å². The van der Waals surface area contributed by atoms with Gasteiger partial charge in [0.2, 0.25) is 0 Å². The molecule has 19 heavy (non-hydrogen) atoms. The van der Waals surface area contributed by atoms with Gasteiger partial charge >= 0.3 is 0 Å². The van der Waals surface area contributed by atoms with Gasteiger partial charge in [0.1, 0.15) is 11.3 Å². The van der Waals surface area contributed by atoms with E-state index in [1.165, 1.54) is 0 Å². The first-order valence-corrected chi connectivity index (χ1v) is 6.61. The monoisotopic (exact) mass is 291 g/mol. The molecule has 0 aliphatic rings. The Morgan fingerprint density at radius 3 is 2.58 bits per heavy atom. The van der Waals surface area contributed by atoms with Crippen molar-refractivity contribution in [3.05, 3.63) is 58.1 Å². The molecule has 0 fully saturated rings. The Morgan fingerprint density at radius 1 is 1.00 bits per heavy atom. The Balaban J connectivity index is 2.11. The van der Waals surface area contributed by atoms with Gasteiger partial charge in [0.05, 0.1) is 0 Å². The molecule has 4 heteroatoms. The van der Waals surface area contributed by atoms with Crippen LogP contribution >= 0.6 is 23.2 Å². The molecule has 3 aromatic rings. The van der Waals surface area contributed by atoms with Crippen molar-refractivity contribution in [1.82, 2.24) is 0 Å². The fourth-order valence-electron chi connectivity index (χ4n) is 2.02. The Kier molecular flexibility index (Phi) is 3.23. The van der Waals surface area contributed by atoms with Gasteiger partial charge in [-0.15, -0.1) is 0 Å². The maximum absolute atomic E-state index is 6.16. The molecule has 0 atom stereocenters. The Bertz CT molecular complexity index is 749. The van der Waals surface area contributed by atoms with E-state index in [0.29, 0.717) is 16.6 Å². The summed E-state index contributed by atoms with van der Waals surface area (Å²) in [5.41, 5.74) is 8.25. The third kappa shape index (κ3) is 2.35. The average molecular weight is 292 g/mol. The highest BCUT2D eigenvalue weighted by molar-refractivity contribution is 6.32. The van der Waals surface area contributed by atoms with Crippen molar-refractivity contribution >= 4 is 34.2 Å². The minimum absolute atomic E-state index is 0.425. The third-order valence-electron chi connectivity index (χ3n) is 3.04. The number of furan rings is 1. The number of rotatable bonds is 2. The van der Waals surface area contributed by atoms with Crippen LogP contribution in [0.25, 0.3) is 22.3 Å². The second-order valence-corrected chi connectivity index (χ2v) is 5.15. The van der Waals surface area contributed by atoms with E-state index in [4.69, 9.17) is 33.4 Å². The van der Waals surface area contributed by atoms with Crippen molar-refractivity contribution < 1.29 is 4.42 Å². The van der Waals surface area contributed by atoms with E-state index in [1.54, 1.807) is 0 Å². The highest BCUT2D eigenvalue weighted by atomic mass is 35.5. The number of halogens is 2. The molecular formula is C15H11Cl2NO. The van der Waals surface area contributed by atoms with Crippen LogP contribution in [0.2, 0.25) is 10.0 Å². The first-order valence-electron chi connectivity index (χ1n) is 5.85. The molecule has 2 aromatic carbocycles. The summed E-state index contributed by atoms with van der Waals surface area (Å²) in [5.74, 6) is 0.766. The van der Waals surface area contributed by atoms with Crippen molar-refractivity contribution in [3.8, 4) is 11.3 Å². The second-order valence-electron chi connectivity index (χ2n) is 4.30. The molecule has 1 heterocycles. The van der Waals surface area contributed by atoms with Crippen LogP contribution < -0.4 is 5.73 Å². The number of fused-ring (bicyclic) bond motifs is 1. The molecule has 0 aliphatic heterocycles. The lowest BCUT2D eigenvalue weighted by molar-refractivity contribution is 0.631. The molecular weight excluding hydrogens is 281 g/mol. The second kappa shape index (κ2) is 4.89. The van der Waals surface area contributed by atoms with Crippen LogP contribution in [0, 0.1) is 0 Å². The third-order valence-corrected chi connectivity index (χ3v) is 3.62. The van der Waals surface area contributed by atoms with E-state index in [9.17, 15) is 0 Å². The number of hydrogen-bond donors (Lipinski definition) is 1. The molecule has 0 unspecified atom stereocenters. The number of hydrogen-bond acceptors (Lipinski definition) is 2. The highest BCUT2D eigenvalue weighted by Gasteiger charge is 2.08. The Labute approximate surface area is 120 Å². The molecule has 0 saturated carbocycles. The summed E-state index contributed by atoms with van der Waals surface area (Å²) in [6.07, 6.45) is 0. The minimum Gasteiger partial charge on any atom is -0.456 e. The topological polar surface area (TPSA) is 39.2 Å². The van der Waals surface area contributed by atoms with E-state index >= 15 is 0 Å². The van der Waals surface area contributed by atoms with Gasteiger partial charge in [-0.2, -0.15) is 0 Å². The molecule has 1 aromatic heterocycles. The van der Waals surface area contributed by atoms with Crippen molar-refractivity contribution in [2.24, 2.45) is 5.73 Å². The van der Waals surface area contributed by atoms with Crippen LogP contribution in [0.15, 0.2) is 46.9 Å². The summed E-state index contributed by atoms with van der Waals surface area (Å²) in [6, 6.07) is 13.2. The maximum atomic E-state index is 6.16. The van der Waals surface area contributed by atoms with Gasteiger partial charge in [-0.25, -0.2) is 0 Å². The van der Waals surface area contributed by atoms with Crippen molar-refractivity contribution in [1.29, 1.82) is 0 Å². The summed E-state index contributed by atoms with van der Waals surface area (Å²) in [6.45, 7) is 0.425. The van der Waals surface area contributed by atoms with Gasteiger partial charge in [-0.3, -0.25) is 0 Å². The molecule has 0 saturated heterocycles. The minimum atomic E-state index is 0.425. The SMILES string of the molecule is NCc1ccc(-c2cc3cc(Cl)ccc3o2)cc1Cl. The number of nitrogens with two attached hydrogens (primary N) is 1. The van der Waals surface area contributed by atoms with Gasteiger partial charge in [-0.05, 0) is 35.9 Å². The fourth-order valence-corrected chi connectivity index (χ4v) is 2.46. The fraction of sp³-hybridized carbons (Fsp3) is 0.0667. The van der Waals surface area contributed by atoms with Gasteiger partial charge in [-0.1, -0.05) is 35.3 Å². The van der Waals surface area contributed by atoms with Gasteiger partial charge in [0.15, 0.2) is 0 Å². The first kappa shape index (κ1) is 12.5. The predicted molar refractivity (Wildman–Crippen MR) is 79.6 cm³/mol. The zero-order valence-corrected chi connectivity index (χ0v) is 11.5. The summed E-state index contributed by atoms with van der Waals surface area (Å²) < 4.78 is 5.79. The van der Waals surface area contributed by atoms with E-state index in [1.807, 2.05) is 42.5 Å². The highest BCUT2D eigenvalue weighted by Crippen LogP contribution is 2.31. The number of benzene rings is 2.